The maximum Gasteiger partial charge on any atom is 0.222 e. The third-order valence-corrected chi connectivity index (χ3v) is 2.71. The van der Waals surface area contributed by atoms with Gasteiger partial charge in [0.05, 0.1) is 0 Å². The highest BCUT2D eigenvalue weighted by molar-refractivity contribution is 9.09. The Balaban J connectivity index is 2.35. The smallest absolute Gasteiger partial charge is 0.222 e. The fourth-order valence-corrected chi connectivity index (χ4v) is 2.00. The number of alkyl halides is 1. The lowest BCUT2D eigenvalue weighted by atomic mass is 10.1. The van der Waals surface area contributed by atoms with Crippen molar-refractivity contribution in [2.75, 3.05) is 13.6 Å². The summed E-state index contributed by atoms with van der Waals surface area (Å²) in [7, 11) is 1.85. The third-order valence-electron chi connectivity index (χ3n) is 2.42. The Kier molecular flexibility index (Phi) is 5.53. The lowest BCUT2D eigenvalue weighted by molar-refractivity contribution is -0.129. The molecule has 0 aromatic heterocycles. The molecule has 1 aromatic carbocycles. The molecule has 0 radical (unpaired) electrons. The summed E-state index contributed by atoms with van der Waals surface area (Å²) in [5, 5.41) is 0. The summed E-state index contributed by atoms with van der Waals surface area (Å²) >= 11 is 3.45. The third kappa shape index (κ3) is 4.79. The molecule has 16 heavy (non-hydrogen) atoms. The van der Waals surface area contributed by atoms with Gasteiger partial charge in [0.25, 0.3) is 0 Å². The summed E-state index contributed by atoms with van der Waals surface area (Å²) < 4.78 is 0. The van der Waals surface area contributed by atoms with Crippen molar-refractivity contribution in [1.29, 1.82) is 0 Å². The molecule has 0 aliphatic heterocycles. The van der Waals surface area contributed by atoms with Crippen LogP contribution in [0, 0.1) is 0 Å². The first-order valence-corrected chi connectivity index (χ1v) is 6.43. The van der Waals surface area contributed by atoms with Gasteiger partial charge < -0.3 is 4.90 Å². The Morgan fingerprint density at radius 2 is 2.00 bits per heavy atom. The molecular formula is C13H18BrNO. The van der Waals surface area contributed by atoms with E-state index in [0.29, 0.717) is 11.2 Å². The number of hydrogen-bond acceptors (Lipinski definition) is 1. The van der Waals surface area contributed by atoms with Crippen molar-refractivity contribution in [2.45, 2.75) is 24.6 Å². The van der Waals surface area contributed by atoms with Crippen molar-refractivity contribution in [2.24, 2.45) is 0 Å². The average Bonchev–Trinajstić information content (AvgIpc) is 2.26. The van der Waals surface area contributed by atoms with Crippen LogP contribution in [-0.4, -0.2) is 29.2 Å². The minimum atomic E-state index is 0.204. The first-order chi connectivity index (χ1) is 7.59. The molecule has 1 aromatic rings. The molecule has 0 fully saturated rings. The quantitative estimate of drug-likeness (QED) is 0.761. The van der Waals surface area contributed by atoms with Gasteiger partial charge in [-0.2, -0.15) is 0 Å². The predicted octanol–water partition coefficient (Wildman–Crippen LogP) is 2.86. The van der Waals surface area contributed by atoms with Gasteiger partial charge in [0.15, 0.2) is 0 Å². The van der Waals surface area contributed by atoms with Crippen LogP contribution < -0.4 is 0 Å². The molecule has 0 heterocycles. The summed E-state index contributed by atoms with van der Waals surface area (Å²) in [6.07, 6.45) is 1.40. The molecule has 1 atom stereocenters. The number of aryl methyl sites for hydroxylation is 1. The highest BCUT2D eigenvalue weighted by Crippen LogP contribution is 2.06. The van der Waals surface area contributed by atoms with E-state index in [-0.39, 0.29) is 5.91 Å². The van der Waals surface area contributed by atoms with E-state index in [4.69, 9.17) is 0 Å². The zero-order valence-electron chi connectivity index (χ0n) is 9.82. The van der Waals surface area contributed by atoms with E-state index in [0.717, 1.165) is 13.0 Å². The van der Waals surface area contributed by atoms with Gasteiger partial charge in [0.1, 0.15) is 0 Å². The normalized spacial score (nSPS) is 12.2. The maximum atomic E-state index is 11.8. The monoisotopic (exact) mass is 283 g/mol. The molecule has 0 aliphatic carbocycles. The zero-order valence-corrected chi connectivity index (χ0v) is 11.4. The number of halogens is 1. The van der Waals surface area contributed by atoms with E-state index < -0.39 is 0 Å². The zero-order chi connectivity index (χ0) is 12.0. The number of nitrogens with zero attached hydrogens (tertiary/aromatic N) is 1. The van der Waals surface area contributed by atoms with Gasteiger partial charge in [-0.15, -0.1) is 0 Å². The van der Waals surface area contributed by atoms with Crippen molar-refractivity contribution < 1.29 is 4.79 Å². The molecule has 1 amide bonds. The van der Waals surface area contributed by atoms with E-state index >= 15 is 0 Å². The van der Waals surface area contributed by atoms with Gasteiger partial charge in [-0.05, 0) is 12.0 Å². The largest absolute Gasteiger partial charge is 0.345 e. The first kappa shape index (κ1) is 13.2. The SMILES string of the molecule is CC(Br)CN(C)C(=O)CCc1ccccc1. The molecule has 0 aliphatic rings. The Morgan fingerprint density at radius 3 is 2.56 bits per heavy atom. The number of hydrogen-bond donors (Lipinski definition) is 0. The van der Waals surface area contributed by atoms with Crippen LogP contribution >= 0.6 is 15.9 Å². The second-order valence-electron chi connectivity index (χ2n) is 4.04. The van der Waals surface area contributed by atoms with Crippen molar-refractivity contribution in [3.63, 3.8) is 0 Å². The van der Waals surface area contributed by atoms with Gasteiger partial charge >= 0.3 is 0 Å². The molecule has 0 bridgehead atoms. The molecule has 0 saturated heterocycles. The van der Waals surface area contributed by atoms with Crippen LogP contribution in [0.1, 0.15) is 18.9 Å². The average molecular weight is 284 g/mol. The minimum Gasteiger partial charge on any atom is -0.345 e. The fraction of sp³-hybridized carbons (Fsp3) is 0.462. The van der Waals surface area contributed by atoms with Crippen LogP contribution in [0.25, 0.3) is 0 Å². The van der Waals surface area contributed by atoms with E-state index in [2.05, 4.69) is 28.1 Å². The lowest BCUT2D eigenvalue weighted by Gasteiger charge is -2.18. The van der Waals surface area contributed by atoms with Crippen molar-refractivity contribution in [1.82, 2.24) is 4.90 Å². The highest BCUT2D eigenvalue weighted by Gasteiger charge is 2.10. The van der Waals surface area contributed by atoms with Crippen molar-refractivity contribution >= 4 is 21.8 Å². The van der Waals surface area contributed by atoms with Crippen molar-refractivity contribution in [3.05, 3.63) is 35.9 Å². The van der Waals surface area contributed by atoms with Crippen LogP contribution in [0.2, 0.25) is 0 Å². The Hall–Kier alpha value is -0.830. The lowest BCUT2D eigenvalue weighted by Crippen LogP contribution is -2.31. The topological polar surface area (TPSA) is 20.3 Å². The molecule has 0 spiro atoms. The number of benzene rings is 1. The van der Waals surface area contributed by atoms with Gasteiger partial charge in [-0.1, -0.05) is 53.2 Å². The number of carbonyl (C=O) groups is 1. The molecule has 88 valence electrons. The van der Waals surface area contributed by atoms with Crippen LogP contribution in [0.4, 0.5) is 0 Å². The standard InChI is InChI=1S/C13H18BrNO/c1-11(14)10-15(2)13(16)9-8-12-6-4-3-5-7-12/h3-7,11H,8-10H2,1-2H3. The number of amides is 1. The predicted molar refractivity (Wildman–Crippen MR) is 70.8 cm³/mol. The second kappa shape index (κ2) is 6.69. The summed E-state index contributed by atoms with van der Waals surface area (Å²) in [5.74, 6) is 0.204. The van der Waals surface area contributed by atoms with Crippen LogP contribution in [0.15, 0.2) is 30.3 Å². The highest BCUT2D eigenvalue weighted by atomic mass is 79.9. The van der Waals surface area contributed by atoms with E-state index in [1.165, 1.54) is 5.56 Å². The molecule has 1 unspecified atom stereocenters. The van der Waals surface area contributed by atoms with Crippen LogP contribution in [0.5, 0.6) is 0 Å². The van der Waals surface area contributed by atoms with Crippen molar-refractivity contribution in [3.8, 4) is 0 Å². The van der Waals surface area contributed by atoms with Gasteiger partial charge in [-0.3, -0.25) is 4.79 Å². The molecule has 0 saturated carbocycles. The summed E-state index contributed by atoms with van der Waals surface area (Å²) in [6, 6.07) is 10.1. The second-order valence-corrected chi connectivity index (χ2v) is 5.60. The first-order valence-electron chi connectivity index (χ1n) is 5.51. The number of rotatable bonds is 5. The van der Waals surface area contributed by atoms with E-state index in [1.54, 1.807) is 4.90 Å². The van der Waals surface area contributed by atoms with E-state index in [1.807, 2.05) is 32.2 Å². The molecule has 1 rings (SSSR count). The Bertz CT molecular complexity index is 324. The van der Waals surface area contributed by atoms with Gasteiger partial charge in [0.2, 0.25) is 5.91 Å². The summed E-state index contributed by atoms with van der Waals surface area (Å²) in [4.78, 5) is 13.9. The van der Waals surface area contributed by atoms with Gasteiger partial charge in [-0.25, -0.2) is 0 Å². The molecular weight excluding hydrogens is 266 g/mol. The Morgan fingerprint density at radius 1 is 1.38 bits per heavy atom. The Labute approximate surface area is 106 Å². The van der Waals surface area contributed by atoms with E-state index in [9.17, 15) is 4.79 Å². The summed E-state index contributed by atoms with van der Waals surface area (Å²) in [6.45, 7) is 2.80. The fourth-order valence-electron chi connectivity index (χ4n) is 1.57. The molecule has 0 N–H and O–H groups in total. The minimum absolute atomic E-state index is 0.204. The van der Waals surface area contributed by atoms with Gasteiger partial charge in [0, 0.05) is 24.8 Å². The molecule has 3 heteroatoms. The maximum absolute atomic E-state index is 11.8. The van der Waals surface area contributed by atoms with Crippen LogP contribution in [0.3, 0.4) is 0 Å². The number of carbonyl (C=O) groups excluding carboxylic acids is 1. The molecule has 2 nitrogen and oxygen atoms in total. The van der Waals surface area contributed by atoms with Crippen LogP contribution in [-0.2, 0) is 11.2 Å². The summed E-state index contributed by atoms with van der Waals surface area (Å²) in [5.41, 5.74) is 1.22.